The van der Waals surface area contributed by atoms with Crippen LogP contribution in [-0.2, 0) is 14.3 Å². The third kappa shape index (κ3) is 15.9. The summed E-state index contributed by atoms with van der Waals surface area (Å²) in [5.74, 6) is -0.117. The van der Waals surface area contributed by atoms with Crippen LogP contribution in [0.25, 0.3) is 0 Å². The molecule has 2 aliphatic heterocycles. The third-order valence-corrected chi connectivity index (χ3v) is 8.98. The number of hydrogen-bond donors (Lipinski definition) is 2. The normalized spacial score (nSPS) is 22.4. The summed E-state index contributed by atoms with van der Waals surface area (Å²) >= 11 is 0. The summed E-state index contributed by atoms with van der Waals surface area (Å²) in [5.41, 5.74) is 0.870. The molecule has 1 fully saturated rings. The number of carbonyl (C=O) groups is 1. The molecule has 0 radical (unpaired) electrons. The number of carbonyl (C=O) groups excluding carboxylic acids is 1. The zero-order valence-electron chi connectivity index (χ0n) is 26.3. The highest BCUT2D eigenvalue weighted by molar-refractivity contribution is 5.90. The van der Waals surface area contributed by atoms with Crippen molar-refractivity contribution >= 4 is 5.97 Å². The highest BCUT2D eigenvalue weighted by Crippen LogP contribution is 2.28. The molecule has 5 atom stereocenters. The van der Waals surface area contributed by atoms with Crippen LogP contribution in [-0.4, -0.2) is 46.7 Å². The van der Waals surface area contributed by atoms with Gasteiger partial charge in [0.2, 0.25) is 0 Å². The van der Waals surface area contributed by atoms with Crippen molar-refractivity contribution in [1.82, 2.24) is 0 Å². The first-order valence-corrected chi connectivity index (χ1v) is 17.4. The first kappa shape index (κ1) is 35.3. The minimum atomic E-state index is -0.389. The molecule has 2 rings (SSSR count). The van der Waals surface area contributed by atoms with Crippen LogP contribution < -0.4 is 0 Å². The van der Waals surface area contributed by atoms with E-state index in [9.17, 15) is 15.0 Å². The number of rotatable bonds is 26. The molecular formula is C35H64O5. The summed E-state index contributed by atoms with van der Waals surface area (Å²) in [6, 6.07) is 0. The van der Waals surface area contributed by atoms with Crippen LogP contribution in [0, 0.1) is 0 Å². The van der Waals surface area contributed by atoms with Crippen LogP contribution >= 0.6 is 0 Å². The Bertz CT molecular complexity index is 662. The van der Waals surface area contributed by atoms with Crippen LogP contribution in [0.5, 0.6) is 0 Å². The van der Waals surface area contributed by atoms with Gasteiger partial charge in [0.15, 0.2) is 0 Å². The van der Waals surface area contributed by atoms with Crippen molar-refractivity contribution in [2.75, 3.05) is 0 Å². The Morgan fingerprint density at radius 2 is 1.07 bits per heavy atom. The summed E-state index contributed by atoms with van der Waals surface area (Å²) < 4.78 is 11.2. The Balaban J connectivity index is 1.35. The predicted octanol–water partition coefficient (Wildman–Crippen LogP) is 9.12. The van der Waals surface area contributed by atoms with Gasteiger partial charge in [-0.2, -0.15) is 0 Å². The largest absolute Gasteiger partial charge is 0.455 e. The van der Waals surface area contributed by atoms with Gasteiger partial charge in [0.25, 0.3) is 0 Å². The lowest BCUT2D eigenvalue weighted by Gasteiger charge is -2.22. The summed E-state index contributed by atoms with van der Waals surface area (Å²) in [4.78, 5) is 11.6. The average molecular weight is 565 g/mol. The average Bonchev–Trinajstić information content (AvgIpc) is 3.56. The van der Waals surface area contributed by atoms with Gasteiger partial charge >= 0.3 is 5.97 Å². The second kappa shape index (κ2) is 22.7. The molecule has 0 spiro atoms. The highest BCUT2D eigenvalue weighted by Gasteiger charge is 2.34. The fraction of sp³-hybridized carbons (Fsp3) is 0.914. The molecule has 2 heterocycles. The van der Waals surface area contributed by atoms with Crippen LogP contribution in [0.4, 0.5) is 0 Å². The van der Waals surface area contributed by atoms with Crippen LogP contribution in [0.3, 0.4) is 0 Å². The molecule has 1 saturated heterocycles. The van der Waals surface area contributed by atoms with Gasteiger partial charge in [-0.3, -0.25) is 0 Å². The molecule has 0 aromatic heterocycles. The van der Waals surface area contributed by atoms with E-state index in [0.717, 1.165) is 56.9 Å². The Labute approximate surface area is 246 Å². The molecule has 40 heavy (non-hydrogen) atoms. The number of hydrogen-bond acceptors (Lipinski definition) is 5. The zero-order chi connectivity index (χ0) is 28.8. The van der Waals surface area contributed by atoms with Crippen molar-refractivity contribution in [3.63, 3.8) is 0 Å². The molecule has 0 amide bonds. The number of cyclic esters (lactones) is 1. The Morgan fingerprint density at radius 3 is 1.48 bits per heavy atom. The molecule has 2 N–H and O–H groups in total. The fourth-order valence-corrected chi connectivity index (χ4v) is 6.37. The van der Waals surface area contributed by atoms with Crippen LogP contribution in [0.2, 0.25) is 0 Å². The first-order valence-electron chi connectivity index (χ1n) is 17.4. The van der Waals surface area contributed by atoms with E-state index in [-0.39, 0.29) is 36.5 Å². The van der Waals surface area contributed by atoms with Crippen molar-refractivity contribution in [3.05, 3.63) is 11.6 Å². The van der Waals surface area contributed by atoms with Crippen molar-refractivity contribution in [2.45, 2.75) is 205 Å². The molecule has 5 nitrogen and oxygen atoms in total. The van der Waals surface area contributed by atoms with E-state index in [1.54, 1.807) is 0 Å². The first-order chi connectivity index (χ1) is 19.5. The van der Waals surface area contributed by atoms with Gasteiger partial charge < -0.3 is 19.7 Å². The maximum absolute atomic E-state index is 11.6. The third-order valence-electron chi connectivity index (χ3n) is 8.98. The number of unbranched alkanes of at least 4 members (excludes halogenated alkanes) is 18. The number of ether oxygens (including phenoxy) is 2. The van der Waals surface area contributed by atoms with Crippen molar-refractivity contribution < 1.29 is 24.5 Å². The van der Waals surface area contributed by atoms with Gasteiger partial charge in [-0.25, -0.2) is 4.79 Å². The molecule has 234 valence electrons. The lowest BCUT2D eigenvalue weighted by atomic mass is 10.00. The summed E-state index contributed by atoms with van der Waals surface area (Å²) in [6.45, 7) is 4.18. The molecule has 0 unspecified atom stereocenters. The molecule has 0 aliphatic carbocycles. The molecular weight excluding hydrogens is 500 g/mol. The monoisotopic (exact) mass is 564 g/mol. The van der Waals surface area contributed by atoms with Gasteiger partial charge in [0.05, 0.1) is 24.4 Å². The van der Waals surface area contributed by atoms with Gasteiger partial charge in [-0.15, -0.1) is 0 Å². The van der Waals surface area contributed by atoms with Crippen molar-refractivity contribution in [1.29, 1.82) is 0 Å². The van der Waals surface area contributed by atoms with E-state index < -0.39 is 0 Å². The zero-order valence-corrected chi connectivity index (χ0v) is 26.3. The molecule has 0 saturated carbocycles. The Kier molecular flexibility index (Phi) is 20.0. The van der Waals surface area contributed by atoms with Crippen molar-refractivity contribution in [2.24, 2.45) is 0 Å². The minimum Gasteiger partial charge on any atom is -0.455 e. The smallest absolute Gasteiger partial charge is 0.334 e. The SMILES string of the molecule is CCCCCCCCCCCC[C@@H](O)[C@H]1CC[C@H]([C@@H](O)CCCCCCCCCCCCC2=C[C@H](C)OC2=O)O1. The predicted molar refractivity (Wildman–Crippen MR) is 165 cm³/mol. The Hall–Kier alpha value is -0.910. The molecule has 5 heteroatoms. The molecule has 2 aliphatic rings. The van der Waals surface area contributed by atoms with Gasteiger partial charge in [0, 0.05) is 5.57 Å². The van der Waals surface area contributed by atoms with E-state index in [1.807, 2.05) is 13.0 Å². The van der Waals surface area contributed by atoms with E-state index >= 15 is 0 Å². The van der Waals surface area contributed by atoms with E-state index in [1.165, 1.54) is 109 Å². The minimum absolute atomic E-state index is 0.0443. The second-order valence-corrected chi connectivity index (χ2v) is 12.8. The number of esters is 1. The quantitative estimate of drug-likeness (QED) is 0.0809. The fourth-order valence-electron chi connectivity index (χ4n) is 6.37. The summed E-state index contributed by atoms with van der Waals surface area (Å²) in [7, 11) is 0. The maximum atomic E-state index is 11.6. The van der Waals surface area contributed by atoms with Gasteiger partial charge in [-0.1, -0.05) is 129 Å². The van der Waals surface area contributed by atoms with Crippen molar-refractivity contribution in [3.8, 4) is 0 Å². The number of aliphatic hydroxyl groups excluding tert-OH is 2. The molecule has 0 aromatic rings. The highest BCUT2D eigenvalue weighted by atomic mass is 16.5. The van der Waals surface area contributed by atoms with Crippen LogP contribution in [0.1, 0.15) is 174 Å². The lowest BCUT2D eigenvalue weighted by Crippen LogP contribution is -2.31. The van der Waals surface area contributed by atoms with E-state index in [2.05, 4.69) is 6.92 Å². The van der Waals surface area contributed by atoms with Gasteiger partial charge in [-0.05, 0) is 51.5 Å². The molecule has 0 aromatic carbocycles. The summed E-state index contributed by atoms with van der Waals surface area (Å²) in [6.07, 6.45) is 30.5. The second-order valence-electron chi connectivity index (χ2n) is 12.8. The topological polar surface area (TPSA) is 76.0 Å². The molecule has 0 bridgehead atoms. The summed E-state index contributed by atoms with van der Waals surface area (Å²) in [5, 5.41) is 21.2. The Morgan fingerprint density at radius 1 is 0.675 bits per heavy atom. The van der Waals surface area contributed by atoms with Crippen LogP contribution in [0.15, 0.2) is 11.6 Å². The van der Waals surface area contributed by atoms with Gasteiger partial charge in [0.1, 0.15) is 6.10 Å². The number of aliphatic hydroxyl groups is 2. The maximum Gasteiger partial charge on any atom is 0.334 e. The standard InChI is InChI=1S/C35H64O5/c1-3-4-5-6-7-8-12-15-18-21-24-31(36)33-26-27-34(40-33)32(37)25-22-19-16-13-10-9-11-14-17-20-23-30-28-29(2)39-35(30)38/h28-29,31-34,36-37H,3-27H2,1-2H3/t29-,31+,32-,33+,34+/m0/s1. The van der Waals surface area contributed by atoms with E-state index in [0.29, 0.717) is 0 Å². The van der Waals surface area contributed by atoms with E-state index in [4.69, 9.17) is 9.47 Å². The lowest BCUT2D eigenvalue weighted by molar-refractivity contribution is -0.139.